The Balaban J connectivity index is 1.92. The van der Waals surface area contributed by atoms with E-state index in [0.717, 1.165) is 12.8 Å². The van der Waals surface area contributed by atoms with Crippen LogP contribution in [0.5, 0.6) is 0 Å². The molecule has 0 aromatic rings. The Morgan fingerprint density at radius 2 is 1.94 bits per heavy atom. The molecule has 0 aromatic carbocycles. The molecule has 0 spiro atoms. The third-order valence-electron chi connectivity index (χ3n) is 3.37. The lowest BCUT2D eigenvalue weighted by Crippen LogP contribution is -2.43. The second-order valence-corrected chi connectivity index (χ2v) is 7.28. The van der Waals surface area contributed by atoms with Crippen molar-refractivity contribution >= 4 is 10.0 Å². The third-order valence-corrected chi connectivity index (χ3v) is 5.77. The van der Waals surface area contributed by atoms with Gasteiger partial charge in [0.25, 0.3) is 0 Å². The highest BCUT2D eigenvalue weighted by Gasteiger charge is 2.38. The van der Waals surface area contributed by atoms with Gasteiger partial charge in [0.15, 0.2) is 0 Å². The van der Waals surface area contributed by atoms with E-state index < -0.39 is 10.0 Å². The maximum atomic E-state index is 12.3. The highest BCUT2D eigenvalue weighted by molar-refractivity contribution is 7.89. The average molecular weight is 246 g/mol. The van der Waals surface area contributed by atoms with Gasteiger partial charge in [0.05, 0.1) is 5.25 Å². The SMILES string of the molecule is CCN(C1CC1)S(=O)(=O)C(C)CNC1CC1. The molecule has 0 bridgehead atoms. The van der Waals surface area contributed by atoms with Crippen molar-refractivity contribution in [3.8, 4) is 0 Å². The second-order valence-electron chi connectivity index (χ2n) is 4.97. The lowest BCUT2D eigenvalue weighted by Gasteiger charge is -2.24. The van der Waals surface area contributed by atoms with Crippen molar-refractivity contribution < 1.29 is 8.42 Å². The zero-order chi connectivity index (χ0) is 11.8. The van der Waals surface area contributed by atoms with Crippen molar-refractivity contribution in [2.45, 2.75) is 56.9 Å². The molecule has 4 nitrogen and oxygen atoms in total. The van der Waals surface area contributed by atoms with Gasteiger partial charge in [0.2, 0.25) is 10.0 Å². The van der Waals surface area contributed by atoms with Crippen molar-refractivity contribution in [2.75, 3.05) is 13.1 Å². The first-order valence-corrected chi connectivity index (χ1v) is 7.80. The first-order valence-electron chi connectivity index (χ1n) is 6.29. The summed E-state index contributed by atoms with van der Waals surface area (Å²) in [6.45, 7) is 4.95. The Morgan fingerprint density at radius 3 is 2.38 bits per heavy atom. The van der Waals surface area contributed by atoms with Gasteiger partial charge in [0.1, 0.15) is 0 Å². The zero-order valence-corrected chi connectivity index (χ0v) is 11.0. The van der Waals surface area contributed by atoms with Crippen LogP contribution < -0.4 is 5.32 Å². The van der Waals surface area contributed by atoms with E-state index in [4.69, 9.17) is 0 Å². The number of nitrogens with one attached hydrogen (secondary N) is 1. The predicted molar refractivity (Wildman–Crippen MR) is 64.8 cm³/mol. The van der Waals surface area contributed by atoms with Crippen molar-refractivity contribution in [3.05, 3.63) is 0 Å². The standard InChI is InChI=1S/C11H22N2O2S/c1-3-13(11-6-7-11)16(14,15)9(2)8-12-10-4-5-10/h9-12H,3-8H2,1-2H3. The number of hydrogen-bond acceptors (Lipinski definition) is 3. The smallest absolute Gasteiger partial charge is 0.218 e. The molecule has 0 aromatic heterocycles. The van der Waals surface area contributed by atoms with E-state index in [1.165, 1.54) is 12.8 Å². The fraction of sp³-hybridized carbons (Fsp3) is 1.00. The maximum Gasteiger partial charge on any atom is 0.218 e. The summed E-state index contributed by atoms with van der Waals surface area (Å²) in [6, 6.07) is 0.868. The third kappa shape index (κ3) is 2.76. The number of sulfonamides is 1. The molecule has 94 valence electrons. The fourth-order valence-electron chi connectivity index (χ4n) is 1.96. The predicted octanol–water partition coefficient (Wildman–Crippen LogP) is 0.941. The van der Waals surface area contributed by atoms with Crippen LogP contribution in [-0.4, -0.2) is 43.1 Å². The summed E-state index contributed by atoms with van der Waals surface area (Å²) in [7, 11) is -3.08. The fourth-order valence-corrected chi connectivity index (χ4v) is 3.72. The van der Waals surface area contributed by atoms with Crippen molar-refractivity contribution in [2.24, 2.45) is 0 Å². The van der Waals surface area contributed by atoms with Crippen LogP contribution in [0, 0.1) is 0 Å². The molecule has 2 aliphatic carbocycles. The minimum atomic E-state index is -3.08. The highest BCUT2D eigenvalue weighted by Crippen LogP contribution is 2.30. The van der Waals surface area contributed by atoms with E-state index in [1.807, 2.05) is 13.8 Å². The van der Waals surface area contributed by atoms with Crippen LogP contribution in [0.2, 0.25) is 0 Å². The summed E-state index contributed by atoms with van der Waals surface area (Å²) in [4.78, 5) is 0. The van der Waals surface area contributed by atoms with Crippen LogP contribution >= 0.6 is 0 Å². The lowest BCUT2D eigenvalue weighted by atomic mass is 10.4. The molecular weight excluding hydrogens is 224 g/mol. The van der Waals surface area contributed by atoms with Crippen LogP contribution in [0.1, 0.15) is 39.5 Å². The Kier molecular flexibility index (Phi) is 3.56. The lowest BCUT2D eigenvalue weighted by molar-refractivity contribution is 0.411. The molecule has 0 amide bonds. The molecule has 2 fully saturated rings. The molecule has 1 atom stereocenters. The molecule has 1 unspecified atom stereocenters. The quantitative estimate of drug-likeness (QED) is 0.727. The minimum absolute atomic E-state index is 0.290. The van der Waals surface area contributed by atoms with Gasteiger partial charge in [-0.05, 0) is 32.6 Å². The van der Waals surface area contributed by atoms with Crippen molar-refractivity contribution in [3.63, 3.8) is 0 Å². The van der Waals surface area contributed by atoms with Crippen LogP contribution in [0.3, 0.4) is 0 Å². The highest BCUT2D eigenvalue weighted by atomic mass is 32.2. The molecule has 2 aliphatic rings. The van der Waals surface area contributed by atoms with Gasteiger partial charge in [-0.15, -0.1) is 0 Å². The summed E-state index contributed by atoms with van der Waals surface area (Å²) in [5, 5.41) is 3.00. The summed E-state index contributed by atoms with van der Waals surface area (Å²) in [6.07, 6.45) is 4.48. The normalized spacial score (nSPS) is 23.7. The van der Waals surface area contributed by atoms with Gasteiger partial charge in [-0.2, -0.15) is 4.31 Å². The molecular formula is C11H22N2O2S. The van der Waals surface area contributed by atoms with Gasteiger partial charge in [-0.3, -0.25) is 0 Å². The summed E-state index contributed by atoms with van der Waals surface area (Å²) < 4.78 is 26.2. The van der Waals surface area contributed by atoms with Crippen LogP contribution in [-0.2, 0) is 10.0 Å². The number of rotatable bonds is 7. The summed E-state index contributed by atoms with van der Waals surface area (Å²) in [5.41, 5.74) is 0. The van der Waals surface area contributed by atoms with E-state index in [0.29, 0.717) is 25.2 Å². The first kappa shape index (κ1) is 12.3. The Labute approximate surface area is 98.4 Å². The molecule has 0 heterocycles. The second kappa shape index (κ2) is 4.63. The van der Waals surface area contributed by atoms with E-state index in [1.54, 1.807) is 4.31 Å². The van der Waals surface area contributed by atoms with Crippen LogP contribution in [0.15, 0.2) is 0 Å². The van der Waals surface area contributed by atoms with Gasteiger partial charge < -0.3 is 5.32 Å². The van der Waals surface area contributed by atoms with E-state index in [-0.39, 0.29) is 5.25 Å². The molecule has 0 aliphatic heterocycles. The monoisotopic (exact) mass is 246 g/mol. The minimum Gasteiger partial charge on any atom is -0.313 e. The molecule has 2 saturated carbocycles. The molecule has 2 rings (SSSR count). The topological polar surface area (TPSA) is 49.4 Å². The number of hydrogen-bond donors (Lipinski definition) is 1. The number of nitrogens with zero attached hydrogens (tertiary/aromatic N) is 1. The molecule has 16 heavy (non-hydrogen) atoms. The van der Waals surface area contributed by atoms with Crippen molar-refractivity contribution in [1.82, 2.24) is 9.62 Å². The van der Waals surface area contributed by atoms with Gasteiger partial charge in [0, 0.05) is 25.2 Å². The molecule has 5 heteroatoms. The molecule has 1 N–H and O–H groups in total. The summed E-state index contributed by atoms with van der Waals surface area (Å²) >= 11 is 0. The van der Waals surface area contributed by atoms with E-state index >= 15 is 0 Å². The zero-order valence-electron chi connectivity index (χ0n) is 10.1. The maximum absolute atomic E-state index is 12.3. The first-order chi connectivity index (χ1) is 7.55. The Hall–Kier alpha value is -0.130. The largest absolute Gasteiger partial charge is 0.313 e. The molecule has 0 radical (unpaired) electrons. The van der Waals surface area contributed by atoms with E-state index in [2.05, 4.69) is 5.32 Å². The van der Waals surface area contributed by atoms with Crippen molar-refractivity contribution in [1.29, 1.82) is 0 Å². The Morgan fingerprint density at radius 1 is 1.31 bits per heavy atom. The van der Waals surface area contributed by atoms with E-state index in [9.17, 15) is 8.42 Å². The average Bonchev–Trinajstić information content (AvgIpc) is 3.08. The van der Waals surface area contributed by atoms with Gasteiger partial charge in [-0.1, -0.05) is 6.92 Å². The van der Waals surface area contributed by atoms with Crippen LogP contribution in [0.25, 0.3) is 0 Å². The van der Waals surface area contributed by atoms with Gasteiger partial charge in [-0.25, -0.2) is 8.42 Å². The Bertz CT molecular complexity index is 334. The summed E-state index contributed by atoms with van der Waals surface area (Å²) in [5.74, 6) is 0. The molecule has 0 saturated heterocycles. The van der Waals surface area contributed by atoms with Crippen LogP contribution in [0.4, 0.5) is 0 Å². The van der Waals surface area contributed by atoms with Gasteiger partial charge >= 0.3 is 0 Å².